The van der Waals surface area contributed by atoms with Crippen LogP contribution >= 0.6 is 0 Å². The molecule has 0 unspecified atom stereocenters. The highest BCUT2D eigenvalue weighted by Crippen LogP contribution is 1.98. The van der Waals surface area contributed by atoms with Crippen molar-refractivity contribution in [1.82, 2.24) is 21.7 Å². The van der Waals surface area contributed by atoms with E-state index in [4.69, 9.17) is 10.8 Å². The molecule has 11 nitrogen and oxygen atoms in total. The number of primary amides is 1. The lowest BCUT2D eigenvalue weighted by Crippen LogP contribution is -2.51. The fourth-order valence-corrected chi connectivity index (χ4v) is 1.92. The van der Waals surface area contributed by atoms with E-state index >= 15 is 0 Å². The van der Waals surface area contributed by atoms with Gasteiger partial charge in [0.05, 0.1) is 24.2 Å². The molecule has 0 aromatic carbocycles. The number of nitrogens with one attached hydrogen (secondary N) is 4. The molecule has 0 bridgehead atoms. The molecule has 0 fully saturated rings. The van der Waals surface area contributed by atoms with Gasteiger partial charge in [-0.3, -0.25) is 4.79 Å². The van der Waals surface area contributed by atoms with Crippen molar-refractivity contribution in [3.8, 4) is 0 Å². The lowest BCUT2D eigenvalue weighted by atomic mass is 10.1. The summed E-state index contributed by atoms with van der Waals surface area (Å²) in [5.74, 6) is -0.335. The average Bonchev–Trinajstić information content (AvgIpc) is 2.77. The summed E-state index contributed by atoms with van der Waals surface area (Å²) in [5, 5.41) is 8.98. The van der Waals surface area contributed by atoms with Gasteiger partial charge < -0.3 is 30.0 Å². The van der Waals surface area contributed by atoms with Gasteiger partial charge in [0.2, 0.25) is 5.91 Å². The summed E-state index contributed by atoms with van der Waals surface area (Å²) in [6.07, 6.45) is 6.46. The van der Waals surface area contributed by atoms with Crippen LogP contribution in [0.4, 0.5) is 0 Å². The Balaban J connectivity index is -0.000000465. The average molecular weight is 476 g/mol. The molecular formula is C22H45N5O6. The molecule has 0 spiro atoms. The van der Waals surface area contributed by atoms with Crippen molar-refractivity contribution in [2.24, 2.45) is 11.7 Å². The third-order valence-corrected chi connectivity index (χ3v) is 4.22. The van der Waals surface area contributed by atoms with Crippen LogP contribution in [0.15, 0.2) is 0 Å². The van der Waals surface area contributed by atoms with E-state index in [1.54, 1.807) is 6.92 Å². The summed E-state index contributed by atoms with van der Waals surface area (Å²) >= 11 is 0. The summed E-state index contributed by atoms with van der Waals surface area (Å²) in [6.45, 7) is 11.3. The Labute approximate surface area is 197 Å². The summed E-state index contributed by atoms with van der Waals surface area (Å²) in [6, 6.07) is -1.96. The van der Waals surface area contributed by atoms with Gasteiger partial charge in [-0.05, 0) is 26.2 Å². The van der Waals surface area contributed by atoms with Gasteiger partial charge in [-0.1, -0.05) is 47.0 Å². The number of hydrogen-bond acceptors (Lipinski definition) is 10. The zero-order valence-corrected chi connectivity index (χ0v) is 20.9. The molecule has 7 N–H and O–H groups in total. The zero-order chi connectivity index (χ0) is 26.2. The molecule has 0 saturated heterocycles. The lowest BCUT2D eigenvalue weighted by Gasteiger charge is -2.19. The van der Waals surface area contributed by atoms with Gasteiger partial charge >= 0.3 is 0 Å². The number of unbranched alkanes of at least 4 members (excludes halogenated alkanes) is 2. The van der Waals surface area contributed by atoms with Gasteiger partial charge in [0.1, 0.15) is 31.2 Å². The van der Waals surface area contributed by atoms with Crippen LogP contribution in [-0.2, 0) is 24.0 Å². The second kappa shape index (κ2) is 24.6. The topological polar surface area (TPSA) is 180 Å². The first-order valence-corrected chi connectivity index (χ1v) is 11.3. The third kappa shape index (κ3) is 24.4. The van der Waals surface area contributed by atoms with Crippen LogP contribution in [0.2, 0.25) is 0 Å². The van der Waals surface area contributed by atoms with Crippen LogP contribution in [0.1, 0.15) is 73.6 Å². The maximum atomic E-state index is 10.6. The largest absolute Gasteiger partial charge is 0.391 e. The van der Waals surface area contributed by atoms with Crippen molar-refractivity contribution in [1.29, 1.82) is 0 Å². The van der Waals surface area contributed by atoms with Crippen LogP contribution in [-0.4, -0.2) is 66.4 Å². The van der Waals surface area contributed by atoms with E-state index in [0.717, 1.165) is 6.29 Å². The Hall–Kier alpha value is -2.05. The van der Waals surface area contributed by atoms with E-state index in [1.165, 1.54) is 26.2 Å². The summed E-state index contributed by atoms with van der Waals surface area (Å²) in [7, 11) is 0. The normalized spacial score (nSPS) is 14.8. The zero-order valence-electron chi connectivity index (χ0n) is 20.9. The van der Waals surface area contributed by atoms with Crippen molar-refractivity contribution < 1.29 is 29.1 Å². The summed E-state index contributed by atoms with van der Waals surface area (Å²) in [5.41, 5.74) is 15.5. The summed E-state index contributed by atoms with van der Waals surface area (Å²) < 4.78 is 0. The van der Waals surface area contributed by atoms with Crippen molar-refractivity contribution in [2.75, 3.05) is 0 Å². The Morgan fingerprint density at radius 2 is 1.33 bits per heavy atom. The van der Waals surface area contributed by atoms with Crippen LogP contribution in [0.5, 0.6) is 0 Å². The second-order valence-electron chi connectivity index (χ2n) is 7.91. The second-order valence-corrected chi connectivity index (χ2v) is 7.91. The Kier molecular flexibility index (Phi) is 26.5. The molecule has 194 valence electrons. The number of carbonyl (C=O) groups excluding carboxylic acids is 5. The maximum Gasteiger partial charge on any atom is 0.217 e. The number of carbonyl (C=O) groups is 5. The van der Waals surface area contributed by atoms with Gasteiger partial charge in [-0.15, -0.1) is 0 Å². The number of amides is 1. The van der Waals surface area contributed by atoms with Crippen molar-refractivity contribution in [3.05, 3.63) is 0 Å². The van der Waals surface area contributed by atoms with Gasteiger partial charge in [0.25, 0.3) is 0 Å². The van der Waals surface area contributed by atoms with Crippen LogP contribution in [0.25, 0.3) is 0 Å². The summed E-state index contributed by atoms with van der Waals surface area (Å²) in [4.78, 5) is 52.2. The number of aldehydes is 4. The quantitative estimate of drug-likeness (QED) is 0.123. The molecule has 0 heterocycles. The molecule has 0 aliphatic rings. The van der Waals surface area contributed by atoms with E-state index in [-0.39, 0.29) is 24.4 Å². The predicted molar refractivity (Wildman–Crippen MR) is 128 cm³/mol. The van der Waals surface area contributed by atoms with Gasteiger partial charge in [0.15, 0.2) is 0 Å². The first kappa shape index (κ1) is 35.5. The van der Waals surface area contributed by atoms with Crippen LogP contribution < -0.4 is 27.4 Å². The minimum atomic E-state index is -0.783. The highest BCUT2D eigenvalue weighted by atomic mass is 16.3. The van der Waals surface area contributed by atoms with E-state index < -0.39 is 24.1 Å². The van der Waals surface area contributed by atoms with Crippen molar-refractivity contribution in [3.63, 3.8) is 0 Å². The molecule has 5 atom stereocenters. The Morgan fingerprint density at radius 1 is 0.818 bits per heavy atom. The molecule has 1 amide bonds. The van der Waals surface area contributed by atoms with E-state index in [9.17, 15) is 24.0 Å². The monoisotopic (exact) mass is 475 g/mol. The van der Waals surface area contributed by atoms with E-state index in [0.29, 0.717) is 25.3 Å². The number of rotatable bonds is 17. The number of hydrazine groups is 2. The first-order chi connectivity index (χ1) is 15.5. The predicted octanol–water partition coefficient (Wildman–Crippen LogP) is -0.0501. The number of hydrogen-bond donors (Lipinski definition) is 6. The highest BCUT2D eigenvalue weighted by Gasteiger charge is 2.14. The third-order valence-electron chi connectivity index (χ3n) is 4.22. The maximum absolute atomic E-state index is 10.6. The molecule has 0 rings (SSSR count). The van der Waals surface area contributed by atoms with Crippen LogP contribution in [0, 0.1) is 5.92 Å². The van der Waals surface area contributed by atoms with Crippen molar-refractivity contribution in [2.45, 2.75) is 104 Å². The molecular weight excluding hydrogens is 430 g/mol. The standard InChI is InChI=1S/C10H19N3O3.C7H14N2O3.C5H12/c1-7(2)9(6-15)13-12-8(5-14)3-4-10(11)16;1-5(3-10)8-9-7(4-11)6(2)12;1-3-5-4-2/h5-9,12-13H,3-4H2,1-2H3,(H2,11,16);3-9,12H,1-2H3;3-5H2,1-2H3/t8-,9+;5-,6+,7+;/m00./s1. The number of aliphatic hydroxyl groups excluding tert-OH is 1. The molecule has 11 heteroatoms. The van der Waals surface area contributed by atoms with E-state index in [1.807, 2.05) is 13.8 Å². The van der Waals surface area contributed by atoms with Crippen LogP contribution in [0.3, 0.4) is 0 Å². The first-order valence-electron chi connectivity index (χ1n) is 11.3. The molecule has 0 aromatic heterocycles. The Bertz CT molecular complexity index is 518. The molecule has 0 radical (unpaired) electrons. The van der Waals surface area contributed by atoms with Gasteiger partial charge in [-0.2, -0.15) is 0 Å². The fraction of sp³-hybridized carbons (Fsp3) is 0.773. The van der Waals surface area contributed by atoms with Gasteiger partial charge in [-0.25, -0.2) is 21.7 Å². The minimum Gasteiger partial charge on any atom is -0.391 e. The molecule has 0 saturated carbocycles. The molecule has 0 aliphatic carbocycles. The molecule has 0 aliphatic heterocycles. The van der Waals surface area contributed by atoms with E-state index in [2.05, 4.69) is 35.6 Å². The fourth-order valence-electron chi connectivity index (χ4n) is 1.92. The molecule has 0 aromatic rings. The Morgan fingerprint density at radius 3 is 1.64 bits per heavy atom. The number of aliphatic hydroxyl groups is 1. The SMILES string of the molecule is CC(C)[C@@H](C=O)NN[C@H](C=O)CCC(N)=O.CCCCC.C[C@@H](C=O)NN[C@H](C=O)[C@@H](C)O. The lowest BCUT2D eigenvalue weighted by molar-refractivity contribution is -0.118. The molecule has 33 heavy (non-hydrogen) atoms. The van der Waals surface area contributed by atoms with Gasteiger partial charge in [0, 0.05) is 6.42 Å². The minimum absolute atomic E-state index is 0.119. The highest BCUT2D eigenvalue weighted by molar-refractivity contribution is 5.74. The number of nitrogens with two attached hydrogens (primary N) is 1. The van der Waals surface area contributed by atoms with Crippen molar-refractivity contribution >= 4 is 31.1 Å². The smallest absolute Gasteiger partial charge is 0.217 e.